The van der Waals surface area contributed by atoms with Crippen LogP contribution >= 0.6 is 0 Å². The zero-order valence-corrected chi connectivity index (χ0v) is 18.4. The van der Waals surface area contributed by atoms with Gasteiger partial charge in [-0.25, -0.2) is 0 Å². The summed E-state index contributed by atoms with van der Waals surface area (Å²) in [7, 11) is 0. The van der Waals surface area contributed by atoms with Crippen molar-refractivity contribution in [2.45, 2.75) is 32.4 Å². The Morgan fingerprint density at radius 3 is 2.41 bits per heavy atom. The molecule has 1 aromatic heterocycles. The number of hydrogen-bond donors (Lipinski definition) is 1. The summed E-state index contributed by atoms with van der Waals surface area (Å²) in [6, 6.07) is 21.4. The van der Waals surface area contributed by atoms with E-state index in [9.17, 15) is 9.59 Å². The summed E-state index contributed by atoms with van der Waals surface area (Å²) >= 11 is 0. The Hall–Kier alpha value is -3.54. The first-order valence-electron chi connectivity index (χ1n) is 11.2. The molecule has 1 N–H and O–H groups in total. The van der Waals surface area contributed by atoms with E-state index in [1.54, 1.807) is 12.1 Å². The predicted molar refractivity (Wildman–Crippen MR) is 125 cm³/mol. The molecule has 166 valence electrons. The highest BCUT2D eigenvalue weighted by molar-refractivity contribution is 5.99. The Bertz CT molecular complexity index is 1030. The van der Waals surface area contributed by atoms with Crippen LogP contribution in [0.5, 0.6) is 0 Å². The summed E-state index contributed by atoms with van der Waals surface area (Å²) in [5.74, 6) is 0.199. The lowest BCUT2D eigenvalue weighted by molar-refractivity contribution is 0.0753. The van der Waals surface area contributed by atoms with Crippen molar-refractivity contribution in [3.63, 3.8) is 0 Å². The van der Waals surface area contributed by atoms with Crippen LogP contribution < -0.4 is 10.2 Å². The van der Waals surface area contributed by atoms with Crippen LogP contribution in [0.4, 0.5) is 5.69 Å². The van der Waals surface area contributed by atoms with Crippen LogP contribution in [0.15, 0.2) is 77.4 Å². The third-order valence-corrected chi connectivity index (χ3v) is 5.94. The van der Waals surface area contributed by atoms with Gasteiger partial charge >= 0.3 is 0 Å². The first-order chi connectivity index (χ1) is 15.7. The number of para-hydroxylation sites is 1. The number of carbonyl (C=O) groups excluding carboxylic acids is 2. The van der Waals surface area contributed by atoms with E-state index < -0.39 is 0 Å². The Morgan fingerprint density at radius 1 is 1.00 bits per heavy atom. The second kappa shape index (κ2) is 10.2. The number of anilines is 1. The van der Waals surface area contributed by atoms with Crippen molar-refractivity contribution in [2.75, 3.05) is 24.5 Å². The molecule has 1 aliphatic heterocycles. The van der Waals surface area contributed by atoms with E-state index in [-0.39, 0.29) is 17.9 Å². The van der Waals surface area contributed by atoms with Gasteiger partial charge in [-0.05, 0) is 49.6 Å². The molecule has 2 amide bonds. The number of amides is 2. The van der Waals surface area contributed by atoms with Crippen LogP contribution in [0.25, 0.3) is 0 Å². The SMILES string of the molecule is CCN(Cc1ccccc1)C(=O)c1ccccc1N1CCC(NC(=O)c2ccco2)CC1. The van der Waals surface area contributed by atoms with Crippen LogP contribution in [0, 0.1) is 0 Å². The number of rotatable bonds is 7. The van der Waals surface area contributed by atoms with Gasteiger partial charge in [0, 0.05) is 37.9 Å². The van der Waals surface area contributed by atoms with E-state index in [1.807, 2.05) is 66.4 Å². The molecule has 0 atom stereocenters. The second-order valence-electron chi connectivity index (χ2n) is 8.03. The Labute approximate surface area is 188 Å². The van der Waals surface area contributed by atoms with Gasteiger partial charge in [-0.2, -0.15) is 0 Å². The second-order valence-corrected chi connectivity index (χ2v) is 8.03. The molecular formula is C26H29N3O3. The molecule has 0 saturated carbocycles. The van der Waals surface area contributed by atoms with Crippen molar-refractivity contribution in [2.24, 2.45) is 0 Å². The van der Waals surface area contributed by atoms with Gasteiger partial charge in [0.25, 0.3) is 11.8 Å². The standard InChI is InChI=1S/C26H29N3O3/c1-2-28(19-20-9-4-3-5-10-20)26(31)22-11-6-7-12-23(22)29-16-14-21(15-17-29)27-25(30)24-13-8-18-32-24/h3-13,18,21H,2,14-17,19H2,1H3,(H,27,30). The molecule has 1 saturated heterocycles. The molecule has 6 nitrogen and oxygen atoms in total. The number of nitrogens with one attached hydrogen (secondary N) is 1. The molecule has 1 aliphatic rings. The van der Waals surface area contributed by atoms with Gasteiger partial charge in [-0.1, -0.05) is 42.5 Å². The van der Waals surface area contributed by atoms with Crippen molar-refractivity contribution >= 4 is 17.5 Å². The number of furan rings is 1. The van der Waals surface area contributed by atoms with E-state index in [2.05, 4.69) is 10.2 Å². The van der Waals surface area contributed by atoms with E-state index >= 15 is 0 Å². The number of benzene rings is 2. The number of hydrogen-bond acceptors (Lipinski definition) is 4. The number of carbonyl (C=O) groups is 2. The van der Waals surface area contributed by atoms with Gasteiger partial charge in [0.1, 0.15) is 0 Å². The Balaban J connectivity index is 1.42. The first-order valence-corrected chi connectivity index (χ1v) is 11.2. The predicted octanol–water partition coefficient (Wildman–Crippen LogP) is 4.34. The van der Waals surface area contributed by atoms with E-state index in [4.69, 9.17) is 4.42 Å². The number of piperidine rings is 1. The summed E-state index contributed by atoms with van der Waals surface area (Å²) in [5.41, 5.74) is 2.80. The molecule has 1 fully saturated rings. The average Bonchev–Trinajstić information content (AvgIpc) is 3.39. The highest BCUT2D eigenvalue weighted by Gasteiger charge is 2.26. The lowest BCUT2D eigenvalue weighted by Crippen LogP contribution is -2.45. The summed E-state index contributed by atoms with van der Waals surface area (Å²) in [5, 5.41) is 3.05. The maximum atomic E-state index is 13.4. The molecule has 32 heavy (non-hydrogen) atoms. The maximum absolute atomic E-state index is 13.4. The Kier molecular flexibility index (Phi) is 6.90. The molecular weight excluding hydrogens is 402 g/mol. The minimum atomic E-state index is -0.177. The zero-order chi connectivity index (χ0) is 22.3. The lowest BCUT2D eigenvalue weighted by atomic mass is 10.0. The molecule has 0 aliphatic carbocycles. The lowest BCUT2D eigenvalue weighted by Gasteiger charge is -2.35. The molecule has 0 bridgehead atoms. The van der Waals surface area contributed by atoms with Crippen LogP contribution in [0.2, 0.25) is 0 Å². The third-order valence-electron chi connectivity index (χ3n) is 5.94. The van der Waals surface area contributed by atoms with Crippen LogP contribution in [-0.4, -0.2) is 42.4 Å². The van der Waals surface area contributed by atoms with E-state index in [0.717, 1.165) is 42.7 Å². The van der Waals surface area contributed by atoms with E-state index in [0.29, 0.717) is 18.8 Å². The first kappa shape index (κ1) is 21.7. The van der Waals surface area contributed by atoms with Crippen molar-refractivity contribution in [3.8, 4) is 0 Å². The van der Waals surface area contributed by atoms with Gasteiger partial charge in [-0.15, -0.1) is 0 Å². The quantitative estimate of drug-likeness (QED) is 0.604. The monoisotopic (exact) mass is 431 g/mol. The number of nitrogens with zero attached hydrogens (tertiary/aromatic N) is 2. The van der Waals surface area contributed by atoms with Crippen molar-refractivity contribution in [1.29, 1.82) is 0 Å². The molecule has 0 spiro atoms. The molecule has 0 radical (unpaired) electrons. The van der Waals surface area contributed by atoms with Crippen LogP contribution in [0.1, 0.15) is 46.2 Å². The molecule has 2 aromatic carbocycles. The van der Waals surface area contributed by atoms with Gasteiger partial charge in [0.15, 0.2) is 5.76 Å². The van der Waals surface area contributed by atoms with Crippen LogP contribution in [0.3, 0.4) is 0 Å². The van der Waals surface area contributed by atoms with Crippen molar-refractivity contribution in [3.05, 3.63) is 89.9 Å². The molecule has 4 rings (SSSR count). The van der Waals surface area contributed by atoms with Gasteiger partial charge < -0.3 is 19.5 Å². The molecule has 2 heterocycles. The summed E-state index contributed by atoms with van der Waals surface area (Å²) in [6.07, 6.45) is 3.13. The third kappa shape index (κ3) is 5.02. The molecule has 6 heteroatoms. The van der Waals surface area contributed by atoms with Crippen molar-refractivity contribution in [1.82, 2.24) is 10.2 Å². The summed E-state index contributed by atoms with van der Waals surface area (Å²) in [6.45, 7) is 4.79. The van der Waals surface area contributed by atoms with Gasteiger partial charge in [-0.3, -0.25) is 9.59 Å². The minimum absolute atomic E-state index is 0.0419. The minimum Gasteiger partial charge on any atom is -0.459 e. The fourth-order valence-electron chi connectivity index (χ4n) is 4.16. The summed E-state index contributed by atoms with van der Waals surface area (Å²) in [4.78, 5) is 29.8. The summed E-state index contributed by atoms with van der Waals surface area (Å²) < 4.78 is 5.18. The zero-order valence-electron chi connectivity index (χ0n) is 18.4. The largest absolute Gasteiger partial charge is 0.459 e. The van der Waals surface area contributed by atoms with Crippen LogP contribution in [-0.2, 0) is 6.54 Å². The van der Waals surface area contributed by atoms with E-state index in [1.165, 1.54) is 6.26 Å². The molecule has 0 unspecified atom stereocenters. The van der Waals surface area contributed by atoms with Gasteiger partial charge in [0.05, 0.1) is 11.8 Å². The van der Waals surface area contributed by atoms with Gasteiger partial charge in [0.2, 0.25) is 0 Å². The fraction of sp³-hybridized carbons (Fsp3) is 0.308. The molecule has 3 aromatic rings. The van der Waals surface area contributed by atoms with Crippen molar-refractivity contribution < 1.29 is 14.0 Å². The Morgan fingerprint density at radius 2 is 1.72 bits per heavy atom. The normalized spacial score (nSPS) is 14.2. The highest BCUT2D eigenvalue weighted by atomic mass is 16.3. The highest BCUT2D eigenvalue weighted by Crippen LogP contribution is 2.26. The topological polar surface area (TPSA) is 65.8 Å². The fourth-order valence-corrected chi connectivity index (χ4v) is 4.16. The average molecular weight is 432 g/mol. The smallest absolute Gasteiger partial charge is 0.287 e. The maximum Gasteiger partial charge on any atom is 0.287 e.